The maximum atomic E-state index is 12.5. The van der Waals surface area contributed by atoms with E-state index in [0.29, 0.717) is 23.6 Å². The number of hydrogen-bond acceptors (Lipinski definition) is 3. The second kappa shape index (κ2) is 6.03. The Balaban J connectivity index is 2.18. The van der Waals surface area contributed by atoms with Crippen LogP contribution >= 0.6 is 11.6 Å². The number of halogens is 1. The van der Waals surface area contributed by atoms with Crippen LogP contribution in [0.5, 0.6) is 0 Å². The van der Waals surface area contributed by atoms with E-state index in [4.69, 9.17) is 16.3 Å². The number of benzene rings is 1. The molecule has 1 atom stereocenters. The summed E-state index contributed by atoms with van der Waals surface area (Å²) >= 11 is 5.95. The molecule has 0 bridgehead atoms. The van der Waals surface area contributed by atoms with Crippen LogP contribution in [0.2, 0.25) is 5.02 Å². The summed E-state index contributed by atoms with van der Waals surface area (Å²) < 4.78 is 5.02. The Morgan fingerprint density at radius 3 is 2.76 bits per heavy atom. The van der Waals surface area contributed by atoms with Crippen molar-refractivity contribution in [3.05, 3.63) is 34.3 Å². The number of carbonyl (C=O) groups is 2. The highest BCUT2D eigenvalue weighted by Gasteiger charge is 2.46. The minimum absolute atomic E-state index is 0.103. The Hall–Kier alpha value is -1.59. The maximum Gasteiger partial charge on any atom is 0.313 e. The van der Waals surface area contributed by atoms with Crippen LogP contribution in [0.1, 0.15) is 22.3 Å². The van der Waals surface area contributed by atoms with Crippen LogP contribution in [-0.2, 0) is 9.53 Å². The van der Waals surface area contributed by atoms with Crippen LogP contribution in [0.15, 0.2) is 18.2 Å². The zero-order chi connectivity index (χ0) is 15.6. The SMILES string of the molecule is COCC1(C(=O)O)CCN(C(=O)c2ccc(Cl)c(C)c2)C1. The van der Waals surface area contributed by atoms with Gasteiger partial charge in [0.1, 0.15) is 5.41 Å². The van der Waals surface area contributed by atoms with Crippen LogP contribution in [0.3, 0.4) is 0 Å². The molecule has 0 aliphatic carbocycles. The fourth-order valence-corrected chi connectivity index (χ4v) is 2.75. The summed E-state index contributed by atoms with van der Waals surface area (Å²) in [6.45, 7) is 2.51. The van der Waals surface area contributed by atoms with Crippen molar-refractivity contribution >= 4 is 23.5 Å². The number of ether oxygens (including phenoxy) is 1. The van der Waals surface area contributed by atoms with Gasteiger partial charge in [-0.2, -0.15) is 0 Å². The third-order valence-electron chi connectivity index (χ3n) is 3.92. The van der Waals surface area contributed by atoms with Gasteiger partial charge in [-0.05, 0) is 37.1 Å². The Morgan fingerprint density at radius 2 is 2.19 bits per heavy atom. The molecule has 1 saturated heterocycles. The second-order valence-electron chi connectivity index (χ2n) is 5.46. The minimum Gasteiger partial charge on any atom is -0.481 e. The fourth-order valence-electron chi connectivity index (χ4n) is 2.64. The summed E-state index contributed by atoms with van der Waals surface area (Å²) in [5.74, 6) is -1.10. The fraction of sp³-hybridized carbons (Fsp3) is 0.467. The number of rotatable bonds is 4. The van der Waals surface area contributed by atoms with Crippen LogP contribution in [0.25, 0.3) is 0 Å². The van der Waals surface area contributed by atoms with Gasteiger partial charge in [0.05, 0.1) is 6.61 Å². The lowest BCUT2D eigenvalue weighted by Gasteiger charge is -2.24. The molecule has 0 spiro atoms. The van der Waals surface area contributed by atoms with Crippen LogP contribution in [0, 0.1) is 12.3 Å². The summed E-state index contributed by atoms with van der Waals surface area (Å²) in [7, 11) is 1.47. The zero-order valence-corrected chi connectivity index (χ0v) is 12.8. The van der Waals surface area contributed by atoms with E-state index in [0.717, 1.165) is 5.56 Å². The summed E-state index contributed by atoms with van der Waals surface area (Å²) in [5.41, 5.74) is 0.338. The summed E-state index contributed by atoms with van der Waals surface area (Å²) in [6, 6.07) is 5.07. The van der Waals surface area contributed by atoms with E-state index in [1.54, 1.807) is 23.1 Å². The number of aryl methyl sites for hydroxylation is 1. The van der Waals surface area contributed by atoms with Crippen molar-refractivity contribution in [1.29, 1.82) is 0 Å². The largest absolute Gasteiger partial charge is 0.481 e. The van der Waals surface area contributed by atoms with Crippen molar-refractivity contribution in [3.8, 4) is 0 Å². The topological polar surface area (TPSA) is 66.8 Å². The lowest BCUT2D eigenvalue weighted by molar-refractivity contribution is -0.151. The van der Waals surface area contributed by atoms with E-state index in [-0.39, 0.29) is 19.1 Å². The monoisotopic (exact) mass is 311 g/mol. The molecular weight excluding hydrogens is 294 g/mol. The number of nitrogens with zero attached hydrogens (tertiary/aromatic N) is 1. The van der Waals surface area contributed by atoms with E-state index in [1.807, 2.05) is 6.92 Å². The molecule has 1 N–H and O–H groups in total. The van der Waals surface area contributed by atoms with E-state index >= 15 is 0 Å². The molecular formula is C15H18ClNO4. The molecule has 0 aromatic heterocycles. The smallest absolute Gasteiger partial charge is 0.313 e. The number of amides is 1. The number of likely N-dealkylation sites (tertiary alicyclic amines) is 1. The predicted octanol–water partition coefficient (Wildman–Crippen LogP) is 2.21. The molecule has 1 aromatic carbocycles. The normalized spacial score (nSPS) is 21.6. The highest BCUT2D eigenvalue weighted by Crippen LogP contribution is 2.32. The molecule has 1 aliphatic heterocycles. The van der Waals surface area contributed by atoms with Gasteiger partial charge in [0.15, 0.2) is 0 Å². The molecule has 0 radical (unpaired) electrons. The van der Waals surface area contributed by atoms with Gasteiger partial charge >= 0.3 is 5.97 Å². The van der Waals surface area contributed by atoms with Crippen LogP contribution < -0.4 is 0 Å². The summed E-state index contributed by atoms with van der Waals surface area (Å²) in [4.78, 5) is 25.5. The van der Waals surface area contributed by atoms with Crippen molar-refractivity contribution in [2.75, 3.05) is 26.8 Å². The number of carboxylic acids is 1. The third kappa shape index (κ3) is 3.04. The van der Waals surface area contributed by atoms with E-state index in [1.165, 1.54) is 7.11 Å². The van der Waals surface area contributed by atoms with Crippen LogP contribution in [-0.4, -0.2) is 48.7 Å². The van der Waals surface area contributed by atoms with Gasteiger partial charge in [0.2, 0.25) is 0 Å². The lowest BCUT2D eigenvalue weighted by atomic mass is 9.88. The minimum atomic E-state index is -1.01. The first-order valence-electron chi connectivity index (χ1n) is 6.67. The summed E-state index contributed by atoms with van der Waals surface area (Å²) in [6.07, 6.45) is 0.397. The van der Waals surface area contributed by atoms with E-state index in [2.05, 4.69) is 0 Å². The van der Waals surface area contributed by atoms with Gasteiger partial charge in [0, 0.05) is 30.8 Å². The number of carboxylic acid groups (broad SMARTS) is 1. The van der Waals surface area contributed by atoms with Gasteiger partial charge in [-0.15, -0.1) is 0 Å². The maximum absolute atomic E-state index is 12.5. The number of aliphatic carboxylic acids is 1. The third-order valence-corrected chi connectivity index (χ3v) is 4.34. The first kappa shape index (κ1) is 15.8. The van der Waals surface area contributed by atoms with Crippen LogP contribution in [0.4, 0.5) is 0 Å². The van der Waals surface area contributed by atoms with Crippen molar-refractivity contribution < 1.29 is 19.4 Å². The number of carbonyl (C=O) groups excluding carboxylic acids is 1. The molecule has 5 nitrogen and oxygen atoms in total. The first-order chi connectivity index (χ1) is 9.89. The number of methoxy groups -OCH3 is 1. The first-order valence-corrected chi connectivity index (χ1v) is 7.05. The van der Waals surface area contributed by atoms with Gasteiger partial charge < -0.3 is 14.7 Å². The standard InChI is InChI=1S/C15H18ClNO4/c1-10-7-11(3-4-12(10)16)13(18)17-6-5-15(8-17,9-21-2)14(19)20/h3-4,7H,5-6,8-9H2,1-2H3,(H,19,20). The van der Waals surface area contributed by atoms with Crippen molar-refractivity contribution in [2.45, 2.75) is 13.3 Å². The Morgan fingerprint density at radius 1 is 1.48 bits per heavy atom. The molecule has 1 heterocycles. The van der Waals surface area contributed by atoms with Crippen molar-refractivity contribution in [2.24, 2.45) is 5.41 Å². The quantitative estimate of drug-likeness (QED) is 0.926. The molecule has 1 fully saturated rings. The van der Waals surface area contributed by atoms with E-state index in [9.17, 15) is 14.7 Å². The molecule has 0 saturated carbocycles. The number of hydrogen-bond donors (Lipinski definition) is 1. The molecule has 114 valence electrons. The predicted molar refractivity (Wildman–Crippen MR) is 78.7 cm³/mol. The molecule has 1 amide bonds. The molecule has 1 aliphatic rings. The van der Waals surface area contributed by atoms with E-state index < -0.39 is 11.4 Å². The lowest BCUT2D eigenvalue weighted by Crippen LogP contribution is -2.40. The average molecular weight is 312 g/mol. The van der Waals surface area contributed by atoms with Gasteiger partial charge in [-0.25, -0.2) is 0 Å². The molecule has 6 heteroatoms. The zero-order valence-electron chi connectivity index (χ0n) is 12.1. The molecule has 1 aromatic rings. The molecule has 2 rings (SSSR count). The molecule has 21 heavy (non-hydrogen) atoms. The second-order valence-corrected chi connectivity index (χ2v) is 5.87. The highest BCUT2D eigenvalue weighted by molar-refractivity contribution is 6.31. The average Bonchev–Trinajstić information content (AvgIpc) is 2.87. The summed E-state index contributed by atoms with van der Waals surface area (Å²) in [5, 5.41) is 10.0. The van der Waals surface area contributed by atoms with Gasteiger partial charge in [0.25, 0.3) is 5.91 Å². The Labute approximate surface area is 128 Å². The van der Waals surface area contributed by atoms with Gasteiger partial charge in [-0.3, -0.25) is 9.59 Å². The Kier molecular flexibility index (Phi) is 4.54. The van der Waals surface area contributed by atoms with Gasteiger partial charge in [-0.1, -0.05) is 11.6 Å². The van der Waals surface area contributed by atoms with Crippen molar-refractivity contribution in [3.63, 3.8) is 0 Å². The Bertz CT molecular complexity index is 575. The highest BCUT2D eigenvalue weighted by atomic mass is 35.5. The van der Waals surface area contributed by atoms with Crippen molar-refractivity contribution in [1.82, 2.24) is 4.90 Å². The molecule has 1 unspecified atom stereocenters.